The molecule has 0 bridgehead atoms. The number of carbonyl (C=O) groups is 1. The summed E-state index contributed by atoms with van der Waals surface area (Å²) in [5, 5.41) is 21.4. The van der Waals surface area contributed by atoms with Crippen molar-refractivity contribution in [3.05, 3.63) is 47.5 Å². The summed E-state index contributed by atoms with van der Waals surface area (Å²) >= 11 is 0. The number of rotatable bonds is 5. The first kappa shape index (κ1) is 13.8. The van der Waals surface area contributed by atoms with E-state index in [0.717, 1.165) is 0 Å². The average Bonchev–Trinajstić information content (AvgIpc) is 2.34. The summed E-state index contributed by atoms with van der Waals surface area (Å²) in [6, 6.07) is 1.43. The van der Waals surface area contributed by atoms with Crippen LogP contribution in [0.5, 0.6) is 0 Å². The van der Waals surface area contributed by atoms with E-state index in [1.165, 1.54) is 18.5 Å². The number of allylic oxidation sites excluding steroid dienone is 2. The number of anilines is 1. The molecule has 0 aliphatic heterocycles. The number of aromatic nitrogens is 1. The number of hydrogen-bond donors (Lipinski definition) is 3. The Balaban J connectivity index is 2.87. The number of carboxylic acids is 1. The zero-order chi connectivity index (χ0) is 13.5. The highest BCUT2D eigenvalue weighted by molar-refractivity contribution is 5.93. The lowest BCUT2D eigenvalue weighted by atomic mass is 10.2. The van der Waals surface area contributed by atoms with E-state index in [2.05, 4.69) is 10.3 Å². The van der Waals surface area contributed by atoms with Gasteiger partial charge in [0.2, 0.25) is 0 Å². The molecule has 0 amide bonds. The van der Waals surface area contributed by atoms with Crippen LogP contribution in [0.1, 0.15) is 24.2 Å². The second-order valence-corrected chi connectivity index (χ2v) is 3.69. The zero-order valence-corrected chi connectivity index (χ0v) is 10.3. The number of aromatic carboxylic acids is 1. The molecule has 5 nitrogen and oxygen atoms in total. The topological polar surface area (TPSA) is 82.5 Å². The highest BCUT2D eigenvalue weighted by atomic mass is 16.4. The molecule has 96 valence electrons. The van der Waals surface area contributed by atoms with E-state index in [0.29, 0.717) is 17.8 Å². The molecule has 0 aromatic carbocycles. The Hall–Kier alpha value is -2.30. The van der Waals surface area contributed by atoms with Crippen molar-refractivity contribution in [2.75, 3.05) is 11.9 Å². The van der Waals surface area contributed by atoms with Gasteiger partial charge in [0.15, 0.2) is 0 Å². The van der Waals surface area contributed by atoms with Crippen LogP contribution in [0.25, 0.3) is 0 Å². The van der Waals surface area contributed by atoms with E-state index in [1.807, 2.05) is 6.92 Å². The van der Waals surface area contributed by atoms with E-state index in [4.69, 9.17) is 5.11 Å². The van der Waals surface area contributed by atoms with Gasteiger partial charge in [-0.3, -0.25) is 4.98 Å². The number of hydrogen-bond acceptors (Lipinski definition) is 4. The third kappa shape index (κ3) is 3.62. The molecule has 1 heterocycles. The standard InChI is InChI=1S/C13H16N2O3/c1-3-4-10(9(2)16)7-15-12-8-14-6-5-11(12)13(17)18/h3-6,8,15-16H,7H2,1-2H3,(H,17,18)/b4-3-,10-9-. The fraction of sp³-hybridized carbons (Fsp3) is 0.231. The van der Waals surface area contributed by atoms with Crippen molar-refractivity contribution in [3.8, 4) is 0 Å². The Labute approximate surface area is 105 Å². The van der Waals surface area contributed by atoms with Crippen LogP contribution in [0.3, 0.4) is 0 Å². The second-order valence-electron chi connectivity index (χ2n) is 3.69. The van der Waals surface area contributed by atoms with Gasteiger partial charge >= 0.3 is 5.97 Å². The largest absolute Gasteiger partial charge is 0.512 e. The number of aliphatic hydroxyl groups excluding tert-OH is 1. The number of nitrogens with one attached hydrogen (secondary N) is 1. The Kier molecular flexibility index (Phi) is 4.92. The Bertz CT molecular complexity index is 489. The maximum atomic E-state index is 11.0. The molecule has 0 fully saturated rings. The highest BCUT2D eigenvalue weighted by Gasteiger charge is 2.09. The molecule has 1 aromatic rings. The van der Waals surface area contributed by atoms with E-state index in [1.54, 1.807) is 19.1 Å². The van der Waals surface area contributed by atoms with Crippen molar-refractivity contribution in [3.63, 3.8) is 0 Å². The molecule has 0 aliphatic carbocycles. The SMILES string of the molecule is C/C=C\C(CNc1cnccc1C(=O)O)=C(/C)O. The van der Waals surface area contributed by atoms with Crippen molar-refractivity contribution in [2.24, 2.45) is 0 Å². The fourth-order valence-electron chi connectivity index (χ4n) is 1.42. The first-order valence-corrected chi connectivity index (χ1v) is 5.48. The predicted molar refractivity (Wildman–Crippen MR) is 69.8 cm³/mol. The maximum absolute atomic E-state index is 11.0. The first-order valence-electron chi connectivity index (χ1n) is 5.48. The van der Waals surface area contributed by atoms with E-state index in [-0.39, 0.29) is 11.3 Å². The lowest BCUT2D eigenvalue weighted by Crippen LogP contribution is -2.10. The number of nitrogens with zero attached hydrogens (tertiary/aromatic N) is 1. The molecule has 5 heteroatoms. The van der Waals surface area contributed by atoms with Crippen LogP contribution in [0.2, 0.25) is 0 Å². The molecule has 0 saturated heterocycles. The molecule has 3 N–H and O–H groups in total. The lowest BCUT2D eigenvalue weighted by molar-refractivity contribution is 0.0698. The van der Waals surface area contributed by atoms with Crippen LogP contribution in [0, 0.1) is 0 Å². The van der Waals surface area contributed by atoms with Gasteiger partial charge in [-0.05, 0) is 19.9 Å². The van der Waals surface area contributed by atoms with Gasteiger partial charge in [0, 0.05) is 18.3 Å². The molecule has 18 heavy (non-hydrogen) atoms. The summed E-state index contributed by atoms with van der Waals surface area (Å²) in [5.41, 5.74) is 1.27. The number of carboxylic acid groups (broad SMARTS) is 1. The lowest BCUT2D eigenvalue weighted by Gasteiger charge is -2.10. The zero-order valence-electron chi connectivity index (χ0n) is 10.3. The third-order valence-electron chi connectivity index (χ3n) is 2.35. The minimum Gasteiger partial charge on any atom is -0.512 e. The Morgan fingerprint density at radius 3 is 2.78 bits per heavy atom. The summed E-state index contributed by atoms with van der Waals surface area (Å²) in [5.74, 6) is -0.821. The molecule has 0 spiro atoms. The van der Waals surface area contributed by atoms with Gasteiger partial charge in [-0.25, -0.2) is 4.79 Å². The quantitative estimate of drug-likeness (QED) is 0.551. The normalized spacial score (nSPS) is 12.3. The van der Waals surface area contributed by atoms with Gasteiger partial charge < -0.3 is 15.5 Å². The molecular formula is C13H16N2O3. The second kappa shape index (κ2) is 6.44. The van der Waals surface area contributed by atoms with Gasteiger partial charge in [-0.2, -0.15) is 0 Å². The molecule has 0 saturated carbocycles. The molecule has 0 atom stereocenters. The van der Waals surface area contributed by atoms with Gasteiger partial charge in [0.05, 0.1) is 23.2 Å². The Morgan fingerprint density at radius 1 is 1.50 bits per heavy atom. The van der Waals surface area contributed by atoms with Crippen LogP contribution in [0.4, 0.5) is 5.69 Å². The van der Waals surface area contributed by atoms with Crippen LogP contribution >= 0.6 is 0 Å². The molecule has 0 unspecified atom stereocenters. The predicted octanol–water partition coefficient (Wildman–Crippen LogP) is 2.60. The first-order chi connectivity index (χ1) is 8.56. The van der Waals surface area contributed by atoms with E-state index in [9.17, 15) is 9.90 Å². The average molecular weight is 248 g/mol. The van der Waals surface area contributed by atoms with Crippen molar-refractivity contribution in [2.45, 2.75) is 13.8 Å². The summed E-state index contributed by atoms with van der Waals surface area (Å²) < 4.78 is 0. The van der Waals surface area contributed by atoms with Gasteiger partial charge in [-0.15, -0.1) is 0 Å². The fourth-order valence-corrected chi connectivity index (χ4v) is 1.42. The molecule has 0 radical (unpaired) electrons. The summed E-state index contributed by atoms with van der Waals surface area (Å²) in [6.45, 7) is 3.76. The van der Waals surface area contributed by atoms with Gasteiger partial charge in [0.1, 0.15) is 0 Å². The van der Waals surface area contributed by atoms with Crippen molar-refractivity contribution in [1.29, 1.82) is 0 Å². The van der Waals surface area contributed by atoms with Crippen LogP contribution in [-0.2, 0) is 0 Å². The minimum absolute atomic E-state index is 0.153. The summed E-state index contributed by atoms with van der Waals surface area (Å²) in [4.78, 5) is 14.9. The van der Waals surface area contributed by atoms with Crippen molar-refractivity contribution in [1.82, 2.24) is 4.98 Å². The highest BCUT2D eigenvalue weighted by Crippen LogP contribution is 2.14. The summed E-state index contributed by atoms with van der Waals surface area (Å²) in [7, 11) is 0. The minimum atomic E-state index is -1.02. The maximum Gasteiger partial charge on any atom is 0.337 e. The van der Waals surface area contributed by atoms with Crippen molar-refractivity contribution < 1.29 is 15.0 Å². The monoisotopic (exact) mass is 248 g/mol. The van der Waals surface area contributed by atoms with Gasteiger partial charge in [-0.1, -0.05) is 12.2 Å². The summed E-state index contributed by atoms with van der Waals surface area (Å²) in [6.07, 6.45) is 6.44. The molecule has 0 aliphatic rings. The van der Waals surface area contributed by atoms with E-state index < -0.39 is 5.97 Å². The molecule has 1 aromatic heterocycles. The van der Waals surface area contributed by atoms with Crippen LogP contribution < -0.4 is 5.32 Å². The van der Waals surface area contributed by atoms with Crippen molar-refractivity contribution >= 4 is 11.7 Å². The van der Waals surface area contributed by atoms with Gasteiger partial charge in [0.25, 0.3) is 0 Å². The van der Waals surface area contributed by atoms with Crippen LogP contribution in [0.15, 0.2) is 41.9 Å². The number of aliphatic hydroxyl groups is 1. The Morgan fingerprint density at radius 2 is 2.22 bits per heavy atom. The molecule has 1 rings (SSSR count). The third-order valence-corrected chi connectivity index (χ3v) is 2.35. The number of pyridine rings is 1. The van der Waals surface area contributed by atoms with Crippen LogP contribution in [-0.4, -0.2) is 27.7 Å². The smallest absolute Gasteiger partial charge is 0.337 e. The van der Waals surface area contributed by atoms with E-state index >= 15 is 0 Å². The molecular weight excluding hydrogens is 232 g/mol.